The van der Waals surface area contributed by atoms with Gasteiger partial charge in [-0.2, -0.15) is 0 Å². The van der Waals surface area contributed by atoms with Gasteiger partial charge >= 0.3 is 0 Å². The number of hydrogen-bond donors (Lipinski definition) is 1. The van der Waals surface area contributed by atoms with Gasteiger partial charge in [0.1, 0.15) is 18.5 Å². The summed E-state index contributed by atoms with van der Waals surface area (Å²) in [6.45, 7) is 0. The van der Waals surface area contributed by atoms with Gasteiger partial charge in [-0.3, -0.25) is 9.29 Å². The Morgan fingerprint density at radius 2 is 1.68 bits per heavy atom. The number of nitrogens with one attached hydrogen (secondary N) is 1. The van der Waals surface area contributed by atoms with Crippen molar-refractivity contribution < 1.29 is 8.42 Å². The molecule has 2 aromatic heterocycles. The van der Waals surface area contributed by atoms with Gasteiger partial charge in [0.25, 0.3) is 10.0 Å². The summed E-state index contributed by atoms with van der Waals surface area (Å²) in [5.41, 5.74) is 0.353. The van der Waals surface area contributed by atoms with Gasteiger partial charge in [0.05, 0.1) is 16.8 Å². The number of hydrogen-bond acceptors (Lipinski definition) is 5. The fourth-order valence-corrected chi connectivity index (χ4v) is 2.92. The van der Waals surface area contributed by atoms with Gasteiger partial charge in [-0.15, -0.1) is 10.2 Å². The fraction of sp³-hybridized carbons (Fsp3) is 0. The molecular formula is C13H10ClN5O2S. The number of aromatic nitrogens is 4. The van der Waals surface area contributed by atoms with E-state index in [-0.39, 0.29) is 4.90 Å². The lowest BCUT2D eigenvalue weighted by atomic mass is 10.4. The van der Waals surface area contributed by atoms with E-state index in [4.69, 9.17) is 11.6 Å². The van der Waals surface area contributed by atoms with Crippen LogP contribution >= 0.6 is 11.6 Å². The third-order valence-electron chi connectivity index (χ3n) is 2.81. The van der Waals surface area contributed by atoms with E-state index in [1.165, 1.54) is 43.1 Å². The summed E-state index contributed by atoms with van der Waals surface area (Å²) >= 11 is 5.75. The van der Waals surface area contributed by atoms with Crippen molar-refractivity contribution in [1.29, 1.82) is 0 Å². The molecule has 0 bridgehead atoms. The lowest BCUT2D eigenvalue weighted by molar-refractivity contribution is 0.601. The monoisotopic (exact) mass is 335 g/mol. The fourth-order valence-electron chi connectivity index (χ4n) is 1.75. The molecule has 0 saturated heterocycles. The van der Waals surface area contributed by atoms with Crippen LogP contribution in [0.5, 0.6) is 0 Å². The van der Waals surface area contributed by atoms with Crippen LogP contribution in [0.25, 0.3) is 5.82 Å². The van der Waals surface area contributed by atoms with E-state index in [9.17, 15) is 8.42 Å². The zero-order chi connectivity index (χ0) is 15.6. The molecule has 0 spiro atoms. The standard InChI is InChI=1S/C13H10ClN5O2S/c14-10-1-4-12(5-2-10)22(20,21)18-11-3-6-13(15-7-11)19-8-16-17-9-19/h1-9,18H. The summed E-state index contributed by atoms with van der Waals surface area (Å²) in [5, 5.41) is 7.83. The summed E-state index contributed by atoms with van der Waals surface area (Å²) in [6.07, 6.45) is 4.42. The summed E-state index contributed by atoms with van der Waals surface area (Å²) in [5.74, 6) is 0.583. The Labute approximate surface area is 131 Å². The Balaban J connectivity index is 1.82. The Bertz CT molecular complexity index is 862. The second-order valence-corrected chi connectivity index (χ2v) is 6.45. The molecule has 0 aliphatic heterocycles. The van der Waals surface area contributed by atoms with Crippen molar-refractivity contribution in [2.75, 3.05) is 4.72 Å². The molecule has 1 aromatic carbocycles. The van der Waals surface area contributed by atoms with Crippen molar-refractivity contribution in [1.82, 2.24) is 19.7 Å². The maximum absolute atomic E-state index is 12.2. The summed E-state index contributed by atoms with van der Waals surface area (Å²) in [7, 11) is -3.68. The van der Waals surface area contributed by atoms with Crippen molar-refractivity contribution >= 4 is 27.3 Å². The number of sulfonamides is 1. The van der Waals surface area contributed by atoms with Crippen LogP contribution in [0.3, 0.4) is 0 Å². The summed E-state index contributed by atoms with van der Waals surface area (Å²) in [6, 6.07) is 9.17. The molecule has 0 saturated carbocycles. The molecule has 0 amide bonds. The minimum absolute atomic E-state index is 0.125. The highest BCUT2D eigenvalue weighted by atomic mass is 35.5. The third-order valence-corrected chi connectivity index (χ3v) is 4.46. The minimum atomic E-state index is -3.68. The minimum Gasteiger partial charge on any atom is -0.278 e. The highest BCUT2D eigenvalue weighted by Gasteiger charge is 2.14. The van der Waals surface area contributed by atoms with E-state index in [0.717, 1.165) is 0 Å². The Hall–Kier alpha value is -2.45. The largest absolute Gasteiger partial charge is 0.278 e. The van der Waals surface area contributed by atoms with Crippen molar-refractivity contribution in [3.63, 3.8) is 0 Å². The third kappa shape index (κ3) is 3.07. The maximum Gasteiger partial charge on any atom is 0.261 e. The van der Waals surface area contributed by atoms with Gasteiger partial charge in [-0.1, -0.05) is 11.6 Å². The predicted octanol–water partition coefficient (Wildman–Crippen LogP) is 2.12. The van der Waals surface area contributed by atoms with Gasteiger partial charge in [0.15, 0.2) is 0 Å². The Morgan fingerprint density at radius 3 is 2.27 bits per heavy atom. The molecule has 7 nitrogen and oxygen atoms in total. The average Bonchev–Trinajstić information content (AvgIpc) is 3.02. The number of nitrogens with zero attached hydrogens (tertiary/aromatic N) is 4. The number of rotatable bonds is 4. The number of pyridine rings is 1. The van der Waals surface area contributed by atoms with Crippen LogP contribution in [0.15, 0.2) is 60.1 Å². The molecule has 3 rings (SSSR count). The average molecular weight is 336 g/mol. The quantitative estimate of drug-likeness (QED) is 0.788. The van der Waals surface area contributed by atoms with E-state index >= 15 is 0 Å². The molecule has 0 atom stereocenters. The molecule has 9 heteroatoms. The van der Waals surface area contributed by atoms with E-state index in [1.54, 1.807) is 16.7 Å². The predicted molar refractivity (Wildman–Crippen MR) is 81.4 cm³/mol. The first kappa shape index (κ1) is 14.5. The van der Waals surface area contributed by atoms with Crippen LogP contribution in [0, 0.1) is 0 Å². The molecule has 0 aliphatic carbocycles. The first-order chi connectivity index (χ1) is 10.5. The first-order valence-corrected chi connectivity index (χ1v) is 8.00. The second-order valence-electron chi connectivity index (χ2n) is 4.33. The van der Waals surface area contributed by atoms with Crippen LogP contribution in [0.2, 0.25) is 5.02 Å². The lowest BCUT2D eigenvalue weighted by Crippen LogP contribution is -2.13. The SMILES string of the molecule is O=S(=O)(Nc1ccc(-n2cnnc2)nc1)c1ccc(Cl)cc1. The molecule has 0 radical (unpaired) electrons. The van der Waals surface area contributed by atoms with Crippen molar-refractivity contribution in [2.45, 2.75) is 4.90 Å². The molecule has 0 aliphatic rings. The van der Waals surface area contributed by atoms with E-state index in [2.05, 4.69) is 19.9 Å². The van der Waals surface area contributed by atoms with Crippen LogP contribution in [-0.4, -0.2) is 28.2 Å². The Kier molecular flexibility index (Phi) is 3.78. The van der Waals surface area contributed by atoms with Gasteiger partial charge < -0.3 is 0 Å². The topological polar surface area (TPSA) is 89.8 Å². The first-order valence-electron chi connectivity index (χ1n) is 6.14. The molecule has 22 heavy (non-hydrogen) atoms. The number of halogens is 1. The highest BCUT2D eigenvalue weighted by Crippen LogP contribution is 2.18. The van der Waals surface area contributed by atoms with Crippen molar-refractivity contribution in [3.05, 3.63) is 60.3 Å². The van der Waals surface area contributed by atoms with Gasteiger partial charge in [0.2, 0.25) is 0 Å². The second kappa shape index (κ2) is 5.74. The van der Waals surface area contributed by atoms with Gasteiger partial charge in [0, 0.05) is 5.02 Å². The van der Waals surface area contributed by atoms with Crippen LogP contribution in [0.1, 0.15) is 0 Å². The van der Waals surface area contributed by atoms with Crippen molar-refractivity contribution in [2.24, 2.45) is 0 Å². The summed E-state index contributed by atoms with van der Waals surface area (Å²) < 4.78 is 28.5. The Morgan fingerprint density at radius 1 is 1.00 bits per heavy atom. The molecule has 112 valence electrons. The molecule has 2 heterocycles. The molecule has 3 aromatic rings. The summed E-state index contributed by atoms with van der Waals surface area (Å²) in [4.78, 5) is 4.27. The van der Waals surface area contributed by atoms with Gasteiger partial charge in [-0.05, 0) is 36.4 Å². The smallest absolute Gasteiger partial charge is 0.261 e. The lowest BCUT2D eigenvalue weighted by Gasteiger charge is -2.08. The van der Waals surface area contributed by atoms with Crippen LogP contribution < -0.4 is 4.72 Å². The van der Waals surface area contributed by atoms with E-state index in [0.29, 0.717) is 16.5 Å². The molecule has 0 fully saturated rings. The van der Waals surface area contributed by atoms with E-state index < -0.39 is 10.0 Å². The number of benzene rings is 1. The van der Waals surface area contributed by atoms with E-state index in [1.807, 2.05) is 0 Å². The molecule has 1 N–H and O–H groups in total. The number of anilines is 1. The van der Waals surface area contributed by atoms with Crippen molar-refractivity contribution in [3.8, 4) is 5.82 Å². The van der Waals surface area contributed by atoms with Crippen LogP contribution in [-0.2, 0) is 10.0 Å². The zero-order valence-corrected chi connectivity index (χ0v) is 12.7. The normalized spacial score (nSPS) is 11.3. The molecule has 0 unspecified atom stereocenters. The molecular weight excluding hydrogens is 326 g/mol. The highest BCUT2D eigenvalue weighted by molar-refractivity contribution is 7.92. The van der Waals surface area contributed by atoms with Crippen LogP contribution in [0.4, 0.5) is 5.69 Å². The van der Waals surface area contributed by atoms with Gasteiger partial charge in [-0.25, -0.2) is 13.4 Å². The maximum atomic E-state index is 12.2. The zero-order valence-electron chi connectivity index (χ0n) is 11.1.